The van der Waals surface area contributed by atoms with E-state index in [1.165, 1.54) is 11.1 Å². The minimum absolute atomic E-state index is 0.656. The molecular formula is C9H10OS2. The Morgan fingerprint density at radius 3 is 2.83 bits per heavy atom. The second-order valence-electron chi connectivity index (χ2n) is 2.82. The Morgan fingerprint density at radius 1 is 1.25 bits per heavy atom. The molecular weight excluding hydrogens is 188 g/mol. The Balaban J connectivity index is 2.37. The number of hydrogen-bond acceptors (Lipinski definition) is 2. The second-order valence-corrected chi connectivity index (χ2v) is 5.63. The first-order valence-corrected chi connectivity index (χ1v) is 6.50. The van der Waals surface area contributed by atoms with Gasteiger partial charge in [0.2, 0.25) is 0 Å². The van der Waals surface area contributed by atoms with Crippen LogP contribution in [0.4, 0.5) is 0 Å². The summed E-state index contributed by atoms with van der Waals surface area (Å²) in [5, 5.41) is 0.786. The van der Waals surface area contributed by atoms with Crippen LogP contribution >= 0.6 is 11.8 Å². The number of fused-ring (bicyclic) bond motifs is 1. The smallest absolute Gasteiger partial charge is 0.0699 e. The van der Waals surface area contributed by atoms with Crippen LogP contribution in [0.25, 0.3) is 0 Å². The van der Waals surface area contributed by atoms with Crippen LogP contribution in [0.15, 0.2) is 24.3 Å². The summed E-state index contributed by atoms with van der Waals surface area (Å²) in [6.45, 7) is 0. The lowest BCUT2D eigenvalue weighted by molar-refractivity contribution is 0.686. The van der Waals surface area contributed by atoms with Gasteiger partial charge < -0.3 is 0 Å². The molecule has 0 aliphatic carbocycles. The van der Waals surface area contributed by atoms with Crippen molar-refractivity contribution in [3.63, 3.8) is 0 Å². The average Bonchev–Trinajstić information content (AvgIpc) is 2.25. The van der Waals surface area contributed by atoms with Crippen molar-refractivity contribution in [2.45, 2.75) is 11.5 Å². The Kier molecular flexibility index (Phi) is 2.51. The molecule has 1 nitrogen and oxygen atoms in total. The fourth-order valence-electron chi connectivity index (χ4n) is 1.30. The molecule has 0 bridgehead atoms. The molecule has 12 heavy (non-hydrogen) atoms. The lowest BCUT2D eigenvalue weighted by Gasteiger charge is -2.01. The molecule has 1 aliphatic heterocycles. The monoisotopic (exact) mass is 198 g/mol. The van der Waals surface area contributed by atoms with Crippen LogP contribution in [-0.4, -0.2) is 9.29 Å². The van der Waals surface area contributed by atoms with Gasteiger partial charge in [0.1, 0.15) is 0 Å². The van der Waals surface area contributed by atoms with E-state index in [1.807, 2.05) is 12.1 Å². The highest BCUT2D eigenvalue weighted by Crippen LogP contribution is 2.23. The largest absolute Gasteiger partial charge is 0.258 e. The van der Waals surface area contributed by atoms with Gasteiger partial charge in [-0.25, -0.2) is 0 Å². The third kappa shape index (κ3) is 1.72. The molecule has 1 heterocycles. The van der Waals surface area contributed by atoms with Crippen LogP contribution in [0.2, 0.25) is 0 Å². The number of thioether (sulfide) groups is 1. The number of rotatable bonds is 0. The first-order valence-electron chi connectivity index (χ1n) is 3.86. The highest BCUT2D eigenvalue weighted by Gasteiger charge is 2.11. The van der Waals surface area contributed by atoms with Gasteiger partial charge in [0.15, 0.2) is 0 Å². The fraction of sp³-hybridized carbons (Fsp3) is 0.333. The van der Waals surface area contributed by atoms with Crippen LogP contribution in [0.1, 0.15) is 11.1 Å². The summed E-state index contributed by atoms with van der Waals surface area (Å²) < 4.78 is 11.3. The van der Waals surface area contributed by atoms with Crippen molar-refractivity contribution in [3.8, 4) is 0 Å². The van der Waals surface area contributed by atoms with Crippen molar-refractivity contribution in [1.29, 1.82) is 0 Å². The van der Waals surface area contributed by atoms with E-state index in [0.717, 1.165) is 16.6 Å². The van der Waals surface area contributed by atoms with Crippen molar-refractivity contribution in [3.05, 3.63) is 35.4 Å². The first kappa shape index (κ1) is 8.32. The van der Waals surface area contributed by atoms with Gasteiger partial charge in [0.05, 0.1) is 5.08 Å². The van der Waals surface area contributed by atoms with Gasteiger partial charge in [-0.05, 0) is 11.1 Å². The van der Waals surface area contributed by atoms with E-state index in [0.29, 0.717) is 0 Å². The van der Waals surface area contributed by atoms with Gasteiger partial charge in [-0.15, -0.1) is 11.8 Å². The minimum atomic E-state index is -0.656. The van der Waals surface area contributed by atoms with Crippen LogP contribution in [0, 0.1) is 0 Å². The summed E-state index contributed by atoms with van der Waals surface area (Å²) in [5.41, 5.74) is 2.62. The third-order valence-corrected chi connectivity index (χ3v) is 4.77. The molecule has 0 amide bonds. The van der Waals surface area contributed by atoms with Crippen LogP contribution in [0.3, 0.4) is 0 Å². The van der Waals surface area contributed by atoms with Crippen LogP contribution in [-0.2, 0) is 22.3 Å². The van der Waals surface area contributed by atoms with Gasteiger partial charge >= 0.3 is 0 Å². The van der Waals surface area contributed by atoms with Crippen LogP contribution in [0.5, 0.6) is 0 Å². The Bertz CT molecular complexity index is 309. The summed E-state index contributed by atoms with van der Waals surface area (Å²) in [6, 6.07) is 8.28. The van der Waals surface area contributed by atoms with E-state index in [4.69, 9.17) is 0 Å². The lowest BCUT2D eigenvalue weighted by Crippen LogP contribution is -1.95. The maximum absolute atomic E-state index is 11.3. The van der Waals surface area contributed by atoms with Crippen molar-refractivity contribution in [2.75, 3.05) is 5.08 Å². The lowest BCUT2D eigenvalue weighted by atomic mass is 10.1. The third-order valence-electron chi connectivity index (χ3n) is 1.91. The molecule has 0 radical (unpaired) electrons. The molecule has 0 N–H and O–H groups in total. The molecule has 1 unspecified atom stereocenters. The van der Waals surface area contributed by atoms with E-state index < -0.39 is 10.8 Å². The number of hydrogen-bond donors (Lipinski definition) is 0. The molecule has 1 aromatic carbocycles. The highest BCUT2D eigenvalue weighted by atomic mass is 32.2. The van der Waals surface area contributed by atoms with Gasteiger partial charge in [0.25, 0.3) is 0 Å². The molecule has 64 valence electrons. The normalized spacial score (nSPS) is 22.8. The Morgan fingerprint density at radius 2 is 2.00 bits per heavy atom. The van der Waals surface area contributed by atoms with E-state index in [2.05, 4.69) is 12.1 Å². The maximum atomic E-state index is 11.3. The van der Waals surface area contributed by atoms with Crippen molar-refractivity contribution in [1.82, 2.24) is 0 Å². The molecule has 2 rings (SSSR count). The van der Waals surface area contributed by atoms with Gasteiger partial charge in [-0.1, -0.05) is 24.3 Å². The zero-order valence-electron chi connectivity index (χ0n) is 6.66. The average molecular weight is 198 g/mol. The van der Waals surface area contributed by atoms with Crippen molar-refractivity contribution in [2.24, 2.45) is 0 Å². The quantitative estimate of drug-likeness (QED) is 0.635. The van der Waals surface area contributed by atoms with Gasteiger partial charge in [0, 0.05) is 22.3 Å². The summed E-state index contributed by atoms with van der Waals surface area (Å²) in [7, 11) is -0.656. The van der Waals surface area contributed by atoms with E-state index in [1.54, 1.807) is 11.8 Å². The number of benzene rings is 1. The second kappa shape index (κ2) is 3.62. The molecule has 3 heteroatoms. The zero-order chi connectivity index (χ0) is 8.39. The maximum Gasteiger partial charge on any atom is 0.0699 e. The predicted molar refractivity (Wildman–Crippen MR) is 54.5 cm³/mol. The molecule has 1 aromatic rings. The van der Waals surface area contributed by atoms with E-state index in [9.17, 15) is 4.21 Å². The minimum Gasteiger partial charge on any atom is -0.258 e. The van der Waals surface area contributed by atoms with Gasteiger partial charge in [-0.3, -0.25) is 4.21 Å². The molecule has 0 aromatic heterocycles. The van der Waals surface area contributed by atoms with Crippen molar-refractivity contribution >= 4 is 22.6 Å². The first-order chi connectivity index (χ1) is 5.86. The van der Waals surface area contributed by atoms with E-state index >= 15 is 0 Å². The summed E-state index contributed by atoms with van der Waals surface area (Å²) in [5.74, 6) is 1.76. The summed E-state index contributed by atoms with van der Waals surface area (Å²) in [6.07, 6.45) is 0. The topological polar surface area (TPSA) is 17.1 Å². The molecule has 0 spiro atoms. The highest BCUT2D eigenvalue weighted by molar-refractivity contribution is 8.09. The molecule has 0 saturated heterocycles. The zero-order valence-corrected chi connectivity index (χ0v) is 8.29. The predicted octanol–water partition coefficient (Wildman–Crippen LogP) is 2.14. The SMILES string of the molecule is O=S1CSCc2ccccc2C1. The molecule has 0 saturated carbocycles. The fourth-order valence-corrected chi connectivity index (χ4v) is 3.84. The summed E-state index contributed by atoms with van der Waals surface area (Å²) in [4.78, 5) is 0. The van der Waals surface area contributed by atoms with Gasteiger partial charge in [-0.2, -0.15) is 0 Å². The van der Waals surface area contributed by atoms with Crippen LogP contribution < -0.4 is 0 Å². The Hall–Kier alpha value is -0.280. The Labute approximate surface area is 79.0 Å². The summed E-state index contributed by atoms with van der Waals surface area (Å²) >= 11 is 1.77. The molecule has 1 aliphatic rings. The van der Waals surface area contributed by atoms with E-state index in [-0.39, 0.29) is 0 Å². The van der Waals surface area contributed by atoms with Crippen molar-refractivity contribution < 1.29 is 4.21 Å². The standard InChI is InChI=1S/C9H10OS2/c10-12-6-9-4-2-1-3-8(9)5-11-7-12/h1-4H,5-7H2. The molecule has 1 atom stereocenters. The molecule has 0 fully saturated rings.